The Bertz CT molecular complexity index is 2510. The average molecular weight is 783 g/mol. The molecule has 0 bridgehead atoms. The third kappa shape index (κ3) is 7.88. The van der Waals surface area contributed by atoms with Crippen LogP contribution < -0.4 is 27.3 Å². The van der Waals surface area contributed by atoms with Crippen LogP contribution in [-0.2, 0) is 34.2 Å². The number of sulfonamides is 1. The van der Waals surface area contributed by atoms with Crippen LogP contribution in [0.1, 0.15) is 59.0 Å². The van der Waals surface area contributed by atoms with Crippen molar-refractivity contribution in [2.24, 2.45) is 31.9 Å². The molecule has 0 spiro atoms. The minimum absolute atomic E-state index is 0.0315. The quantitative estimate of drug-likeness (QED) is 0.0912. The van der Waals surface area contributed by atoms with Crippen molar-refractivity contribution in [1.29, 1.82) is 0 Å². The number of aromatic nitrogens is 2. The largest absolute Gasteiger partial charge is 0.768 e. The molecule has 0 aliphatic carbocycles. The van der Waals surface area contributed by atoms with Crippen LogP contribution in [0.25, 0.3) is 11.1 Å². The Morgan fingerprint density at radius 2 is 1.24 bits per heavy atom. The van der Waals surface area contributed by atoms with Crippen molar-refractivity contribution in [2.45, 2.75) is 63.9 Å². The van der Waals surface area contributed by atoms with E-state index in [-0.39, 0.29) is 64.6 Å². The molecule has 4 aromatic rings. The van der Waals surface area contributed by atoms with Crippen molar-refractivity contribution in [2.75, 3.05) is 6.54 Å². The second kappa shape index (κ2) is 16.4. The first-order chi connectivity index (χ1) is 25.4. The average Bonchev–Trinajstić information content (AvgIpc) is 3.10. The molecule has 0 aliphatic heterocycles. The van der Waals surface area contributed by atoms with Gasteiger partial charge in [0.05, 0.1) is 16.3 Å². The number of hydrogen-bond acceptors (Lipinski definition) is 14. The van der Waals surface area contributed by atoms with E-state index in [4.69, 9.17) is 11.5 Å². The van der Waals surface area contributed by atoms with Crippen molar-refractivity contribution in [1.82, 2.24) is 13.9 Å². The van der Waals surface area contributed by atoms with E-state index in [2.05, 4.69) is 25.2 Å². The van der Waals surface area contributed by atoms with Gasteiger partial charge in [0, 0.05) is 41.2 Å². The number of amides is 2. The highest BCUT2D eigenvalue weighted by Gasteiger charge is 2.25. The number of azo groups is 2. The molecule has 2 amide bonds. The molecule has 2 aromatic heterocycles. The van der Waals surface area contributed by atoms with Gasteiger partial charge >= 0.3 is 0 Å². The van der Waals surface area contributed by atoms with E-state index in [1.54, 1.807) is 20.8 Å². The van der Waals surface area contributed by atoms with Crippen molar-refractivity contribution in [3.8, 4) is 22.9 Å². The maximum Gasteiger partial charge on any atom is 0.266 e. The molecule has 0 saturated heterocycles. The van der Waals surface area contributed by atoms with E-state index in [0.29, 0.717) is 6.42 Å². The number of rotatable bonds is 14. The fourth-order valence-electron chi connectivity index (χ4n) is 5.50. The summed E-state index contributed by atoms with van der Waals surface area (Å²) in [5, 5.41) is 37.5. The molecule has 1 unspecified atom stereocenters. The number of hydrogen-bond donors (Lipinski definition) is 5. The third-order valence-corrected chi connectivity index (χ3v) is 10.4. The SMILES string of the molecule is CCCNS(=O)(=O)c1cc(N=Nc2c(C)c(C(N)=O)c(=O)n(CC)c2O)ccc1-c1ccc(N=Nc2c(C)c(C(N)=O)c(=O)n(CC)c2O)cc1S(=O)[O-]. The molecule has 0 aliphatic rings. The number of carbonyl (C=O) groups is 2. The van der Waals surface area contributed by atoms with Crippen LogP contribution in [0, 0.1) is 13.8 Å². The normalized spacial score (nSPS) is 12.5. The van der Waals surface area contributed by atoms with Gasteiger partial charge in [0.1, 0.15) is 22.5 Å². The van der Waals surface area contributed by atoms with E-state index < -0.39 is 76.7 Å². The molecule has 2 aromatic carbocycles. The number of aromatic hydroxyl groups is 2. The second-order valence-corrected chi connectivity index (χ2v) is 14.2. The van der Waals surface area contributed by atoms with Crippen LogP contribution in [0.15, 0.2) is 76.2 Å². The molecule has 2 heterocycles. The summed E-state index contributed by atoms with van der Waals surface area (Å²) < 4.78 is 56.5. The molecule has 4 rings (SSSR count). The van der Waals surface area contributed by atoms with E-state index in [1.807, 2.05) is 0 Å². The van der Waals surface area contributed by atoms with Crippen molar-refractivity contribution < 1.29 is 37.0 Å². The van der Waals surface area contributed by atoms with Gasteiger partial charge in [0.25, 0.3) is 22.9 Å². The summed E-state index contributed by atoms with van der Waals surface area (Å²) in [4.78, 5) is 48.6. The minimum Gasteiger partial charge on any atom is -0.768 e. The molecule has 7 N–H and O–H groups in total. The monoisotopic (exact) mass is 782 g/mol. The smallest absolute Gasteiger partial charge is 0.266 e. The highest BCUT2D eigenvalue weighted by atomic mass is 32.2. The Balaban J connectivity index is 1.89. The number of carbonyl (C=O) groups excluding carboxylic acids is 2. The van der Waals surface area contributed by atoms with Gasteiger partial charge in [-0.05, 0) is 75.0 Å². The van der Waals surface area contributed by atoms with E-state index in [1.165, 1.54) is 38.1 Å². The molecule has 0 saturated carbocycles. The van der Waals surface area contributed by atoms with Crippen molar-refractivity contribution in [3.63, 3.8) is 0 Å². The lowest BCUT2D eigenvalue weighted by Gasteiger charge is -2.17. The predicted octanol–water partition coefficient (Wildman–Crippen LogP) is 3.70. The minimum atomic E-state index is -4.33. The van der Waals surface area contributed by atoms with Crippen LogP contribution in [0.2, 0.25) is 0 Å². The molecule has 0 radical (unpaired) electrons. The zero-order chi connectivity index (χ0) is 40.2. The summed E-state index contributed by atoms with van der Waals surface area (Å²) in [6.45, 7) is 7.45. The molecule has 19 nitrogen and oxygen atoms in total. The van der Waals surface area contributed by atoms with Gasteiger partial charge in [0.2, 0.25) is 21.8 Å². The highest BCUT2D eigenvalue weighted by molar-refractivity contribution is 7.89. The van der Waals surface area contributed by atoms with Gasteiger partial charge in [-0.2, -0.15) is 10.2 Å². The standard InChI is InChI=1S/C33H37N9O10S2/c1-6-13-36-54(51,52)23-15-19(38-40-27-17(5)25(29(35)44)31(46)42(8-3)33(27)48)10-12-21(23)20-11-9-18(14-22(20)53(49)50)37-39-26-16(4)24(28(34)43)30(45)41(7-2)32(26)47/h9-12,14-15,36,47-48H,6-8,13H2,1-5H3,(H2,34,43)(H2,35,44)(H,49,50)/p-1. The lowest BCUT2D eigenvalue weighted by molar-refractivity contribution is 0.0989. The fourth-order valence-corrected chi connectivity index (χ4v) is 7.45. The highest BCUT2D eigenvalue weighted by Crippen LogP contribution is 2.38. The summed E-state index contributed by atoms with van der Waals surface area (Å²) >= 11 is -2.98. The molecule has 21 heteroatoms. The maximum atomic E-state index is 13.6. The van der Waals surface area contributed by atoms with Crippen LogP contribution in [0.3, 0.4) is 0 Å². The van der Waals surface area contributed by atoms with Gasteiger partial charge in [-0.25, -0.2) is 13.1 Å². The van der Waals surface area contributed by atoms with Crippen LogP contribution in [0.5, 0.6) is 11.8 Å². The molecule has 286 valence electrons. The summed E-state index contributed by atoms with van der Waals surface area (Å²) in [6.07, 6.45) is 0.420. The number of nitrogens with one attached hydrogen (secondary N) is 1. The first kappa shape index (κ1) is 40.9. The summed E-state index contributed by atoms with van der Waals surface area (Å²) in [5.74, 6) is -3.31. The Morgan fingerprint density at radius 3 is 1.65 bits per heavy atom. The molecular weight excluding hydrogens is 747 g/mol. The van der Waals surface area contributed by atoms with E-state index in [9.17, 15) is 46.6 Å². The maximum absolute atomic E-state index is 13.6. The van der Waals surface area contributed by atoms with Crippen LogP contribution in [-0.4, -0.2) is 54.9 Å². The number of benzene rings is 2. The lowest BCUT2D eigenvalue weighted by Crippen LogP contribution is -2.30. The van der Waals surface area contributed by atoms with Gasteiger partial charge in [-0.1, -0.05) is 19.1 Å². The summed E-state index contributed by atoms with van der Waals surface area (Å²) in [5.41, 5.74) is 7.40. The fraction of sp³-hybridized carbons (Fsp3) is 0.273. The summed E-state index contributed by atoms with van der Waals surface area (Å²) in [7, 11) is -4.33. The van der Waals surface area contributed by atoms with Crippen molar-refractivity contribution >= 4 is 55.7 Å². The third-order valence-electron chi connectivity index (χ3n) is 8.20. The van der Waals surface area contributed by atoms with Gasteiger partial charge in [0.15, 0.2) is 0 Å². The zero-order valence-electron chi connectivity index (χ0n) is 29.6. The number of nitrogens with two attached hydrogens (primary N) is 2. The molecule has 54 heavy (non-hydrogen) atoms. The van der Waals surface area contributed by atoms with Crippen molar-refractivity contribution in [3.05, 3.63) is 79.4 Å². The number of nitrogens with zero attached hydrogens (tertiary/aromatic N) is 6. The Morgan fingerprint density at radius 1 is 0.796 bits per heavy atom. The van der Waals surface area contributed by atoms with Crippen LogP contribution in [0.4, 0.5) is 22.7 Å². The Labute approximate surface area is 310 Å². The topological polar surface area (TPSA) is 306 Å². The number of primary amides is 2. The van der Waals surface area contributed by atoms with Gasteiger partial charge < -0.3 is 26.2 Å². The first-order valence-electron chi connectivity index (χ1n) is 16.1. The van der Waals surface area contributed by atoms with Gasteiger partial charge in [-0.15, -0.1) is 10.2 Å². The van der Waals surface area contributed by atoms with E-state index >= 15 is 0 Å². The lowest BCUT2D eigenvalue weighted by atomic mass is 10.0. The first-order valence-corrected chi connectivity index (χ1v) is 18.7. The Kier molecular flexibility index (Phi) is 12.4. The van der Waals surface area contributed by atoms with Crippen LogP contribution >= 0.6 is 0 Å². The predicted molar refractivity (Wildman–Crippen MR) is 195 cm³/mol. The second-order valence-electron chi connectivity index (χ2n) is 11.6. The van der Waals surface area contributed by atoms with Gasteiger partial charge in [-0.3, -0.25) is 32.5 Å². The zero-order valence-corrected chi connectivity index (χ0v) is 31.2. The Hall–Kier alpha value is -5.90. The number of pyridine rings is 2. The molecule has 1 atom stereocenters. The molecular formula is C33H36N9O10S2-. The summed E-state index contributed by atoms with van der Waals surface area (Å²) in [6, 6.07) is 7.42. The molecule has 0 fully saturated rings. The van der Waals surface area contributed by atoms with E-state index in [0.717, 1.165) is 21.3 Å².